The Bertz CT molecular complexity index is 589. The molecule has 1 saturated heterocycles. The van der Waals surface area contributed by atoms with Gasteiger partial charge in [-0.05, 0) is 17.7 Å². The fourth-order valence-electron chi connectivity index (χ4n) is 1.84. The van der Waals surface area contributed by atoms with Gasteiger partial charge < -0.3 is 10.5 Å². The summed E-state index contributed by atoms with van der Waals surface area (Å²) in [5.74, 6) is 0. The van der Waals surface area contributed by atoms with E-state index < -0.39 is 10.0 Å². The summed E-state index contributed by atoms with van der Waals surface area (Å²) < 4.78 is 29.9. The molecule has 20 heavy (non-hydrogen) atoms. The predicted molar refractivity (Wildman–Crippen MR) is 77.1 cm³/mol. The van der Waals surface area contributed by atoms with Gasteiger partial charge >= 0.3 is 0 Å². The van der Waals surface area contributed by atoms with Crippen LogP contribution in [0.3, 0.4) is 0 Å². The number of halogens is 2. The topological polar surface area (TPSA) is 84.7 Å². The van der Waals surface area contributed by atoms with Crippen LogP contribution in [-0.2, 0) is 21.3 Å². The van der Waals surface area contributed by atoms with Crippen LogP contribution >= 0.6 is 23.2 Å². The summed E-state index contributed by atoms with van der Waals surface area (Å²) in [5.41, 5.74) is 6.02. The molecule has 2 rings (SSSR count). The Kier molecular flexibility index (Phi) is 5.25. The van der Waals surface area contributed by atoms with Gasteiger partial charge in [0.1, 0.15) is 4.90 Å². The van der Waals surface area contributed by atoms with Crippen LogP contribution in [0.4, 0.5) is 0 Å². The Morgan fingerprint density at radius 2 is 1.95 bits per heavy atom. The number of ether oxygens (including phenoxy) is 1. The summed E-state index contributed by atoms with van der Waals surface area (Å²) in [7, 11) is -3.80. The number of morpholine rings is 1. The molecule has 9 heteroatoms. The van der Waals surface area contributed by atoms with Crippen molar-refractivity contribution >= 4 is 33.2 Å². The third-order valence-corrected chi connectivity index (χ3v) is 5.03. The third kappa shape index (κ3) is 3.62. The molecular weight excluding hydrogens is 325 g/mol. The first kappa shape index (κ1) is 16.0. The number of benzene rings is 1. The lowest BCUT2D eigenvalue weighted by Crippen LogP contribution is -2.48. The minimum Gasteiger partial charge on any atom is -0.379 e. The molecule has 1 aliphatic heterocycles. The molecule has 1 aromatic carbocycles. The number of nitrogens with zero attached hydrogens (tertiary/aromatic N) is 1. The van der Waals surface area contributed by atoms with Crippen LogP contribution in [0.5, 0.6) is 0 Å². The van der Waals surface area contributed by atoms with Gasteiger partial charge in [-0.1, -0.05) is 23.2 Å². The fraction of sp³-hybridized carbons (Fsp3) is 0.455. The minimum absolute atomic E-state index is 0.0707. The van der Waals surface area contributed by atoms with Crippen molar-refractivity contribution in [3.63, 3.8) is 0 Å². The van der Waals surface area contributed by atoms with Crippen LogP contribution < -0.4 is 10.6 Å². The molecule has 0 spiro atoms. The zero-order chi connectivity index (χ0) is 14.8. The Hall–Kier alpha value is -0.410. The zero-order valence-electron chi connectivity index (χ0n) is 10.6. The van der Waals surface area contributed by atoms with Crippen LogP contribution in [0.15, 0.2) is 17.0 Å². The molecule has 0 radical (unpaired) electrons. The molecule has 0 atom stereocenters. The van der Waals surface area contributed by atoms with Crippen LogP contribution in [0.1, 0.15) is 5.56 Å². The smallest absolute Gasteiger partial charge is 0.255 e. The Morgan fingerprint density at radius 3 is 2.55 bits per heavy atom. The maximum Gasteiger partial charge on any atom is 0.255 e. The molecule has 0 aliphatic carbocycles. The van der Waals surface area contributed by atoms with Gasteiger partial charge in [0.05, 0.1) is 18.2 Å². The molecule has 6 nitrogen and oxygen atoms in total. The van der Waals surface area contributed by atoms with Crippen molar-refractivity contribution in [2.75, 3.05) is 26.3 Å². The largest absolute Gasteiger partial charge is 0.379 e. The van der Waals surface area contributed by atoms with Crippen LogP contribution in [0, 0.1) is 0 Å². The zero-order valence-corrected chi connectivity index (χ0v) is 12.9. The number of nitrogens with one attached hydrogen (secondary N) is 1. The van der Waals surface area contributed by atoms with Crippen LogP contribution in [0.2, 0.25) is 10.0 Å². The van der Waals surface area contributed by atoms with Crippen LogP contribution in [0.25, 0.3) is 0 Å². The van der Waals surface area contributed by atoms with Gasteiger partial charge in [-0.15, -0.1) is 4.83 Å². The number of rotatable bonds is 4. The predicted octanol–water partition coefficient (Wildman–Crippen LogP) is 0.978. The van der Waals surface area contributed by atoms with Crippen molar-refractivity contribution in [2.24, 2.45) is 5.73 Å². The first-order valence-electron chi connectivity index (χ1n) is 5.97. The molecule has 0 bridgehead atoms. The lowest BCUT2D eigenvalue weighted by molar-refractivity contribution is 0.0272. The van der Waals surface area contributed by atoms with E-state index in [0.29, 0.717) is 31.9 Å². The van der Waals surface area contributed by atoms with Crippen LogP contribution in [-0.4, -0.2) is 39.7 Å². The quantitative estimate of drug-likeness (QED) is 0.854. The molecule has 0 saturated carbocycles. The minimum atomic E-state index is -3.80. The lowest BCUT2D eigenvalue weighted by atomic mass is 10.2. The van der Waals surface area contributed by atoms with E-state index in [0.717, 1.165) is 0 Å². The number of sulfonamides is 1. The van der Waals surface area contributed by atoms with Crippen molar-refractivity contribution in [3.05, 3.63) is 27.7 Å². The average molecular weight is 340 g/mol. The Morgan fingerprint density at radius 1 is 1.30 bits per heavy atom. The maximum absolute atomic E-state index is 12.4. The Balaban J connectivity index is 2.31. The van der Waals surface area contributed by atoms with E-state index in [1.165, 1.54) is 6.07 Å². The van der Waals surface area contributed by atoms with E-state index in [4.69, 9.17) is 33.7 Å². The van der Waals surface area contributed by atoms with Gasteiger partial charge in [0, 0.05) is 24.7 Å². The highest BCUT2D eigenvalue weighted by Gasteiger charge is 2.24. The Labute approximate surface area is 127 Å². The van der Waals surface area contributed by atoms with Gasteiger partial charge in [0.15, 0.2) is 0 Å². The normalized spacial score (nSPS) is 17.4. The van der Waals surface area contributed by atoms with Crippen molar-refractivity contribution in [3.8, 4) is 0 Å². The second kappa shape index (κ2) is 6.57. The second-order valence-corrected chi connectivity index (χ2v) is 6.72. The first-order chi connectivity index (χ1) is 9.44. The van der Waals surface area contributed by atoms with E-state index in [-0.39, 0.29) is 21.5 Å². The van der Waals surface area contributed by atoms with Crippen molar-refractivity contribution in [2.45, 2.75) is 11.4 Å². The van der Waals surface area contributed by atoms with E-state index in [2.05, 4.69) is 4.83 Å². The molecule has 112 valence electrons. The SMILES string of the molecule is NCc1cc(Cl)cc(S(=O)(=O)NN2CCOCC2)c1Cl. The van der Waals surface area contributed by atoms with Gasteiger partial charge in [-0.25, -0.2) is 13.4 Å². The summed E-state index contributed by atoms with van der Waals surface area (Å²) in [6.07, 6.45) is 0. The van der Waals surface area contributed by atoms with E-state index in [1.807, 2.05) is 0 Å². The first-order valence-corrected chi connectivity index (χ1v) is 8.21. The molecule has 3 N–H and O–H groups in total. The molecule has 1 heterocycles. The van der Waals surface area contributed by atoms with E-state index in [9.17, 15) is 8.42 Å². The summed E-state index contributed by atoms with van der Waals surface area (Å²) in [6.45, 7) is 2.00. The van der Waals surface area contributed by atoms with Gasteiger partial charge in [0.2, 0.25) is 0 Å². The maximum atomic E-state index is 12.4. The molecule has 0 amide bonds. The molecule has 0 unspecified atom stereocenters. The second-order valence-electron chi connectivity index (χ2n) is 4.28. The van der Waals surface area contributed by atoms with Crippen molar-refractivity contribution in [1.29, 1.82) is 0 Å². The van der Waals surface area contributed by atoms with Gasteiger partial charge in [0.25, 0.3) is 10.0 Å². The van der Waals surface area contributed by atoms with Crippen molar-refractivity contribution in [1.82, 2.24) is 9.84 Å². The monoisotopic (exact) mass is 339 g/mol. The highest BCUT2D eigenvalue weighted by molar-refractivity contribution is 7.89. The summed E-state index contributed by atoms with van der Waals surface area (Å²) >= 11 is 12.0. The highest BCUT2D eigenvalue weighted by Crippen LogP contribution is 2.29. The highest BCUT2D eigenvalue weighted by atomic mass is 35.5. The lowest BCUT2D eigenvalue weighted by Gasteiger charge is -2.27. The van der Waals surface area contributed by atoms with Gasteiger partial charge in [-0.2, -0.15) is 0 Å². The summed E-state index contributed by atoms with van der Waals surface area (Å²) in [5, 5.41) is 1.94. The molecule has 1 aromatic rings. The third-order valence-electron chi connectivity index (χ3n) is 2.85. The average Bonchev–Trinajstić information content (AvgIpc) is 2.41. The van der Waals surface area contributed by atoms with E-state index in [1.54, 1.807) is 11.1 Å². The number of nitrogens with two attached hydrogens (primary N) is 1. The van der Waals surface area contributed by atoms with Gasteiger partial charge in [-0.3, -0.25) is 0 Å². The van der Waals surface area contributed by atoms with Crippen molar-refractivity contribution < 1.29 is 13.2 Å². The standard InChI is InChI=1S/C11H15Cl2N3O3S/c12-9-5-8(7-14)11(13)10(6-9)20(17,18)15-16-1-3-19-4-2-16/h5-6,15H,1-4,7,14H2. The molecular formula is C11H15Cl2N3O3S. The molecule has 1 fully saturated rings. The summed E-state index contributed by atoms with van der Waals surface area (Å²) in [4.78, 5) is 2.40. The molecule has 1 aliphatic rings. The summed E-state index contributed by atoms with van der Waals surface area (Å²) in [6, 6.07) is 2.86. The fourth-order valence-corrected chi connectivity index (χ4v) is 3.90. The number of hydrazine groups is 1. The molecule has 0 aromatic heterocycles. The number of hydrogen-bond acceptors (Lipinski definition) is 5. The van der Waals surface area contributed by atoms with E-state index >= 15 is 0 Å². The number of hydrogen-bond donors (Lipinski definition) is 2.